The van der Waals surface area contributed by atoms with Gasteiger partial charge in [0.2, 0.25) is 11.8 Å². The standard InChI is InChI=1S/C31H24N6O3S2/c38-27(17-41-30-34-23-5-1-2-6-24(23)35-30)32-21-13-9-19(10-14-21)29(40)20-11-15-22(16-12-20)33-28(39)18-42-31-36-25-7-3-4-8-26(25)37-31/h1-16H,17-18H2,(H,32,38)(H,33,39)(H,34,35)(H,36,37). The van der Waals surface area contributed by atoms with E-state index in [-0.39, 0.29) is 29.1 Å². The number of anilines is 2. The average Bonchev–Trinajstić information content (AvgIpc) is 3.63. The fraction of sp³-hybridized carbons (Fsp3) is 0.0645. The number of aromatic nitrogens is 4. The molecule has 208 valence electrons. The number of thioether (sulfide) groups is 2. The molecule has 6 aromatic rings. The first-order valence-corrected chi connectivity index (χ1v) is 15.0. The number of benzene rings is 4. The van der Waals surface area contributed by atoms with E-state index in [1.807, 2.05) is 48.5 Å². The summed E-state index contributed by atoms with van der Waals surface area (Å²) in [6.07, 6.45) is 0. The molecule has 0 saturated carbocycles. The smallest absolute Gasteiger partial charge is 0.234 e. The van der Waals surface area contributed by atoms with Gasteiger partial charge in [0.25, 0.3) is 0 Å². The second kappa shape index (κ2) is 12.3. The van der Waals surface area contributed by atoms with Crippen LogP contribution in [-0.4, -0.2) is 49.0 Å². The summed E-state index contributed by atoms with van der Waals surface area (Å²) in [4.78, 5) is 53.1. The van der Waals surface area contributed by atoms with Crippen molar-refractivity contribution < 1.29 is 14.4 Å². The highest BCUT2D eigenvalue weighted by atomic mass is 32.2. The summed E-state index contributed by atoms with van der Waals surface area (Å²) in [7, 11) is 0. The SMILES string of the molecule is O=C(CSc1nc2ccccc2[nH]1)Nc1ccc(C(=O)c2ccc(NC(=O)CSc3nc4ccccc4[nH]3)cc2)cc1. The molecule has 4 aromatic carbocycles. The molecule has 0 atom stereocenters. The molecule has 2 aromatic heterocycles. The monoisotopic (exact) mass is 592 g/mol. The molecule has 2 amide bonds. The van der Waals surface area contributed by atoms with Gasteiger partial charge in [-0.3, -0.25) is 14.4 Å². The largest absolute Gasteiger partial charge is 0.333 e. The summed E-state index contributed by atoms with van der Waals surface area (Å²) in [6, 6.07) is 28.9. The number of para-hydroxylation sites is 4. The molecule has 0 unspecified atom stereocenters. The third-order valence-corrected chi connectivity index (χ3v) is 8.02. The van der Waals surface area contributed by atoms with Crippen LogP contribution < -0.4 is 10.6 Å². The van der Waals surface area contributed by atoms with E-state index in [0.29, 0.717) is 32.8 Å². The molecule has 0 saturated heterocycles. The molecule has 0 fully saturated rings. The first-order valence-electron chi connectivity index (χ1n) is 13.0. The van der Waals surface area contributed by atoms with Crippen LogP contribution in [-0.2, 0) is 9.59 Å². The number of H-pyrrole nitrogens is 2. The van der Waals surface area contributed by atoms with Crippen LogP contribution >= 0.6 is 23.5 Å². The minimum atomic E-state index is -0.173. The van der Waals surface area contributed by atoms with Crippen molar-refractivity contribution in [3.05, 3.63) is 108 Å². The van der Waals surface area contributed by atoms with Crippen molar-refractivity contribution in [1.29, 1.82) is 0 Å². The maximum Gasteiger partial charge on any atom is 0.234 e. The Morgan fingerprint density at radius 3 is 1.38 bits per heavy atom. The lowest BCUT2D eigenvalue weighted by Crippen LogP contribution is -2.14. The number of carbonyl (C=O) groups excluding carboxylic acids is 3. The van der Waals surface area contributed by atoms with Gasteiger partial charge in [0.15, 0.2) is 16.1 Å². The molecule has 0 bridgehead atoms. The number of rotatable bonds is 10. The van der Waals surface area contributed by atoms with Crippen molar-refractivity contribution in [1.82, 2.24) is 19.9 Å². The number of hydrogen-bond donors (Lipinski definition) is 4. The number of carbonyl (C=O) groups is 3. The third kappa shape index (κ3) is 6.54. The van der Waals surface area contributed by atoms with Crippen molar-refractivity contribution in [2.45, 2.75) is 10.3 Å². The highest BCUT2D eigenvalue weighted by molar-refractivity contribution is 8.00. The van der Waals surface area contributed by atoms with Gasteiger partial charge in [-0.1, -0.05) is 47.8 Å². The zero-order chi connectivity index (χ0) is 28.9. The van der Waals surface area contributed by atoms with Gasteiger partial charge in [-0.25, -0.2) is 9.97 Å². The Morgan fingerprint density at radius 2 is 0.976 bits per heavy atom. The molecule has 0 aliphatic carbocycles. The van der Waals surface area contributed by atoms with Crippen LogP contribution in [0.25, 0.3) is 22.1 Å². The van der Waals surface area contributed by atoms with Gasteiger partial charge in [-0.15, -0.1) is 0 Å². The Kier molecular flexibility index (Phi) is 8.02. The van der Waals surface area contributed by atoms with E-state index in [1.54, 1.807) is 48.5 Å². The lowest BCUT2D eigenvalue weighted by Gasteiger charge is -2.07. The average molecular weight is 593 g/mol. The first kappa shape index (κ1) is 27.3. The van der Waals surface area contributed by atoms with Crippen LogP contribution in [0.2, 0.25) is 0 Å². The van der Waals surface area contributed by atoms with Crippen LogP contribution in [0.3, 0.4) is 0 Å². The van der Waals surface area contributed by atoms with Crippen molar-refractivity contribution >= 4 is 74.6 Å². The molecule has 0 spiro atoms. The Hall–Kier alpha value is -4.87. The number of imidazole rings is 2. The summed E-state index contributed by atoms with van der Waals surface area (Å²) in [6.45, 7) is 0. The Bertz CT molecular complexity index is 1690. The molecule has 42 heavy (non-hydrogen) atoms. The van der Waals surface area contributed by atoms with Gasteiger partial charge >= 0.3 is 0 Å². The number of fused-ring (bicyclic) bond motifs is 2. The summed E-state index contributed by atoms with van der Waals surface area (Å²) in [5, 5.41) is 7.05. The summed E-state index contributed by atoms with van der Waals surface area (Å²) in [5.41, 5.74) is 5.74. The van der Waals surface area contributed by atoms with E-state index in [9.17, 15) is 14.4 Å². The van der Waals surface area contributed by atoms with E-state index in [0.717, 1.165) is 22.1 Å². The second-order valence-electron chi connectivity index (χ2n) is 9.28. The molecule has 0 aliphatic rings. The maximum absolute atomic E-state index is 13.0. The number of nitrogens with zero attached hydrogens (tertiary/aromatic N) is 2. The normalized spacial score (nSPS) is 11.0. The van der Waals surface area contributed by atoms with Crippen LogP contribution in [0.15, 0.2) is 107 Å². The quantitative estimate of drug-likeness (QED) is 0.111. The van der Waals surface area contributed by atoms with Gasteiger partial charge in [0.1, 0.15) is 0 Å². The number of ketones is 1. The first-order chi connectivity index (χ1) is 20.5. The molecule has 4 N–H and O–H groups in total. The molecule has 6 rings (SSSR count). The highest BCUT2D eigenvalue weighted by Crippen LogP contribution is 2.22. The van der Waals surface area contributed by atoms with E-state index >= 15 is 0 Å². The molecular weight excluding hydrogens is 569 g/mol. The lowest BCUT2D eigenvalue weighted by atomic mass is 10.0. The minimum absolute atomic E-state index is 0.161. The van der Waals surface area contributed by atoms with Crippen LogP contribution in [0.1, 0.15) is 15.9 Å². The fourth-order valence-electron chi connectivity index (χ4n) is 4.23. The second-order valence-corrected chi connectivity index (χ2v) is 11.2. The minimum Gasteiger partial charge on any atom is -0.333 e. The summed E-state index contributed by atoms with van der Waals surface area (Å²) in [5.74, 6) is -0.114. The van der Waals surface area contributed by atoms with Crippen LogP contribution in [0.5, 0.6) is 0 Å². The Balaban J connectivity index is 0.979. The third-order valence-electron chi connectivity index (χ3n) is 6.28. The van der Waals surface area contributed by atoms with E-state index < -0.39 is 0 Å². The van der Waals surface area contributed by atoms with Gasteiger partial charge in [0.05, 0.1) is 33.6 Å². The van der Waals surface area contributed by atoms with Crippen molar-refractivity contribution in [3.8, 4) is 0 Å². The van der Waals surface area contributed by atoms with Gasteiger partial charge in [0, 0.05) is 22.5 Å². The lowest BCUT2D eigenvalue weighted by molar-refractivity contribution is -0.114. The molecule has 9 nitrogen and oxygen atoms in total. The fourth-order valence-corrected chi connectivity index (χ4v) is 5.60. The van der Waals surface area contributed by atoms with Gasteiger partial charge < -0.3 is 20.6 Å². The zero-order valence-electron chi connectivity index (χ0n) is 22.1. The van der Waals surface area contributed by atoms with Crippen molar-refractivity contribution in [3.63, 3.8) is 0 Å². The zero-order valence-corrected chi connectivity index (χ0v) is 23.7. The van der Waals surface area contributed by atoms with Crippen molar-refractivity contribution in [2.24, 2.45) is 0 Å². The number of nitrogens with one attached hydrogen (secondary N) is 4. The van der Waals surface area contributed by atoms with Gasteiger partial charge in [-0.2, -0.15) is 0 Å². The number of aromatic amines is 2. The van der Waals surface area contributed by atoms with E-state index in [4.69, 9.17) is 0 Å². The molecular formula is C31H24N6O3S2. The maximum atomic E-state index is 13.0. The molecule has 11 heteroatoms. The highest BCUT2D eigenvalue weighted by Gasteiger charge is 2.12. The molecule has 2 heterocycles. The summed E-state index contributed by atoms with van der Waals surface area (Å²) < 4.78 is 0. The number of amides is 2. The van der Waals surface area contributed by atoms with Gasteiger partial charge in [-0.05, 0) is 72.8 Å². The predicted octanol–water partition coefficient (Wildman–Crippen LogP) is 6.13. The topological polar surface area (TPSA) is 133 Å². The number of hydrogen-bond acceptors (Lipinski definition) is 7. The van der Waals surface area contributed by atoms with E-state index in [1.165, 1.54) is 23.5 Å². The molecule has 0 aliphatic heterocycles. The van der Waals surface area contributed by atoms with E-state index in [2.05, 4.69) is 30.6 Å². The van der Waals surface area contributed by atoms with Crippen LogP contribution in [0.4, 0.5) is 11.4 Å². The Morgan fingerprint density at radius 1 is 0.571 bits per heavy atom. The van der Waals surface area contributed by atoms with Crippen molar-refractivity contribution in [2.75, 3.05) is 22.1 Å². The molecule has 0 radical (unpaired) electrons. The summed E-state index contributed by atoms with van der Waals surface area (Å²) >= 11 is 2.64. The Labute approximate surface area is 248 Å². The predicted molar refractivity (Wildman–Crippen MR) is 167 cm³/mol. The van der Waals surface area contributed by atoms with Crippen LogP contribution in [0, 0.1) is 0 Å².